The first kappa shape index (κ1) is 22.1. The van der Waals surface area contributed by atoms with Crippen LogP contribution in [-0.2, 0) is 11.2 Å². The number of benzene rings is 2. The highest BCUT2D eigenvalue weighted by molar-refractivity contribution is 6.32. The average molecular weight is 415 g/mol. The van der Waals surface area contributed by atoms with E-state index in [0.29, 0.717) is 35.3 Å². The summed E-state index contributed by atoms with van der Waals surface area (Å²) in [5, 5.41) is 4.32. The van der Waals surface area contributed by atoms with Crippen molar-refractivity contribution in [1.82, 2.24) is 5.43 Å². The van der Waals surface area contributed by atoms with Crippen molar-refractivity contribution in [3.8, 4) is 29.6 Å². The highest BCUT2D eigenvalue weighted by Gasteiger charge is 2.12. The van der Waals surface area contributed by atoms with Gasteiger partial charge in [0, 0.05) is 0 Å². The lowest BCUT2D eigenvalue weighted by Gasteiger charge is -2.12. The highest BCUT2D eigenvalue weighted by Crippen LogP contribution is 2.36. The van der Waals surface area contributed by atoms with E-state index in [-0.39, 0.29) is 18.9 Å². The molecule has 0 spiro atoms. The van der Waals surface area contributed by atoms with E-state index in [1.807, 2.05) is 38.1 Å². The van der Waals surface area contributed by atoms with E-state index < -0.39 is 0 Å². The normalized spacial score (nSPS) is 10.4. The number of halogens is 1. The van der Waals surface area contributed by atoms with Gasteiger partial charge in [0.05, 0.1) is 30.9 Å². The molecule has 1 N–H and O–H groups in total. The van der Waals surface area contributed by atoms with Gasteiger partial charge in [-0.1, -0.05) is 29.7 Å². The van der Waals surface area contributed by atoms with Gasteiger partial charge in [-0.25, -0.2) is 5.43 Å². The summed E-state index contributed by atoms with van der Waals surface area (Å²) >= 11 is 6.26. The van der Waals surface area contributed by atoms with Crippen molar-refractivity contribution in [2.75, 3.05) is 19.8 Å². The number of terminal acetylenes is 1. The molecule has 0 aliphatic rings. The van der Waals surface area contributed by atoms with E-state index in [0.717, 1.165) is 11.3 Å². The fraction of sp³-hybridized carbons (Fsp3) is 0.273. The number of carbonyl (C=O) groups excluding carboxylic acids is 1. The van der Waals surface area contributed by atoms with Crippen LogP contribution in [0.25, 0.3) is 0 Å². The zero-order valence-electron chi connectivity index (χ0n) is 16.4. The standard InChI is InChI=1S/C22H23ClN2O4/c1-4-11-29-22-19(23)12-17(13-20(22)28-6-3)15-24-25-21(26)14-16-7-9-18(10-8-16)27-5-2/h1,7-10,12-13,15H,5-6,11,14H2,2-3H3,(H,25,26)/b24-15+. The third-order valence-electron chi connectivity index (χ3n) is 3.63. The summed E-state index contributed by atoms with van der Waals surface area (Å²) in [6.45, 7) is 4.88. The molecule has 0 radical (unpaired) electrons. The van der Waals surface area contributed by atoms with E-state index in [4.69, 9.17) is 32.2 Å². The smallest absolute Gasteiger partial charge is 0.244 e. The third-order valence-corrected chi connectivity index (χ3v) is 3.91. The minimum absolute atomic E-state index is 0.0782. The van der Waals surface area contributed by atoms with Crippen LogP contribution in [0.5, 0.6) is 17.2 Å². The van der Waals surface area contributed by atoms with Crippen LogP contribution in [0, 0.1) is 12.3 Å². The molecule has 152 valence electrons. The Bertz CT molecular complexity index is 889. The average Bonchev–Trinajstić information content (AvgIpc) is 2.69. The fourth-order valence-corrected chi connectivity index (χ4v) is 2.73. The predicted octanol–water partition coefficient (Wildman–Crippen LogP) is 3.84. The van der Waals surface area contributed by atoms with E-state index in [1.165, 1.54) is 6.21 Å². The number of rotatable bonds is 10. The first-order valence-electron chi connectivity index (χ1n) is 9.13. The zero-order chi connectivity index (χ0) is 21.1. The topological polar surface area (TPSA) is 69.2 Å². The Hall–Kier alpha value is -3.17. The molecular formula is C22H23ClN2O4. The molecule has 0 aromatic heterocycles. The lowest BCUT2D eigenvalue weighted by molar-refractivity contribution is -0.120. The van der Waals surface area contributed by atoms with Gasteiger partial charge in [0.15, 0.2) is 11.5 Å². The zero-order valence-corrected chi connectivity index (χ0v) is 17.2. The molecule has 0 fully saturated rings. The van der Waals surface area contributed by atoms with Crippen molar-refractivity contribution in [2.45, 2.75) is 20.3 Å². The maximum atomic E-state index is 12.1. The Morgan fingerprint density at radius 1 is 1.17 bits per heavy atom. The summed E-state index contributed by atoms with van der Waals surface area (Å²) in [5.74, 6) is 3.75. The van der Waals surface area contributed by atoms with Crippen LogP contribution in [0.2, 0.25) is 5.02 Å². The van der Waals surface area contributed by atoms with Crippen molar-refractivity contribution in [3.05, 3.63) is 52.5 Å². The van der Waals surface area contributed by atoms with E-state index in [2.05, 4.69) is 16.4 Å². The number of nitrogens with one attached hydrogen (secondary N) is 1. The van der Waals surface area contributed by atoms with Crippen molar-refractivity contribution in [1.29, 1.82) is 0 Å². The monoisotopic (exact) mass is 414 g/mol. The lowest BCUT2D eigenvalue weighted by atomic mass is 10.1. The molecule has 0 bridgehead atoms. The van der Waals surface area contributed by atoms with Crippen LogP contribution >= 0.6 is 11.6 Å². The summed E-state index contributed by atoms with van der Waals surface area (Å²) in [4.78, 5) is 12.1. The van der Waals surface area contributed by atoms with Gasteiger partial charge in [-0.2, -0.15) is 5.10 Å². The van der Waals surface area contributed by atoms with E-state index in [1.54, 1.807) is 12.1 Å². The first-order chi connectivity index (χ1) is 14.1. The second-order valence-corrected chi connectivity index (χ2v) is 6.21. The number of ether oxygens (including phenoxy) is 3. The number of carbonyl (C=O) groups is 1. The number of hydrogen-bond acceptors (Lipinski definition) is 5. The van der Waals surface area contributed by atoms with Crippen LogP contribution in [0.15, 0.2) is 41.5 Å². The van der Waals surface area contributed by atoms with Crippen molar-refractivity contribution in [3.63, 3.8) is 0 Å². The van der Waals surface area contributed by atoms with Gasteiger partial charge in [-0.3, -0.25) is 4.79 Å². The maximum absolute atomic E-state index is 12.1. The minimum atomic E-state index is -0.240. The molecule has 0 unspecified atom stereocenters. The van der Waals surface area contributed by atoms with E-state index in [9.17, 15) is 4.79 Å². The molecule has 2 aromatic rings. The summed E-state index contributed by atoms with van der Waals surface area (Å²) < 4.78 is 16.4. The minimum Gasteiger partial charge on any atom is -0.494 e. The predicted molar refractivity (Wildman–Crippen MR) is 114 cm³/mol. The largest absolute Gasteiger partial charge is 0.494 e. The van der Waals surface area contributed by atoms with Gasteiger partial charge in [0.1, 0.15) is 12.4 Å². The molecule has 1 amide bonds. The Kier molecular flexibility index (Phi) is 8.87. The fourth-order valence-electron chi connectivity index (χ4n) is 2.45. The second-order valence-electron chi connectivity index (χ2n) is 5.80. The SMILES string of the molecule is C#CCOc1c(Cl)cc(/C=N/NC(=O)Cc2ccc(OCC)cc2)cc1OCC. The quantitative estimate of drug-likeness (QED) is 0.364. The number of hydrazone groups is 1. The van der Waals surface area contributed by atoms with Crippen LogP contribution in [0.3, 0.4) is 0 Å². The maximum Gasteiger partial charge on any atom is 0.244 e. The van der Waals surface area contributed by atoms with Crippen molar-refractivity contribution < 1.29 is 19.0 Å². The number of nitrogens with zero attached hydrogens (tertiary/aromatic N) is 1. The van der Waals surface area contributed by atoms with Crippen LogP contribution in [-0.4, -0.2) is 31.9 Å². The summed E-state index contributed by atoms with van der Waals surface area (Å²) in [6, 6.07) is 10.7. The van der Waals surface area contributed by atoms with Gasteiger partial charge in [0.2, 0.25) is 5.91 Å². The molecule has 2 rings (SSSR count). The molecule has 0 heterocycles. The molecule has 0 saturated heterocycles. The molecule has 6 nitrogen and oxygen atoms in total. The van der Waals surface area contributed by atoms with Crippen molar-refractivity contribution in [2.24, 2.45) is 5.10 Å². The molecule has 7 heteroatoms. The molecule has 0 aliphatic carbocycles. The molecule has 0 saturated carbocycles. The van der Waals surface area contributed by atoms with Gasteiger partial charge >= 0.3 is 0 Å². The molecule has 0 atom stereocenters. The van der Waals surface area contributed by atoms with Gasteiger partial charge < -0.3 is 14.2 Å². The molecule has 2 aromatic carbocycles. The van der Waals surface area contributed by atoms with Crippen molar-refractivity contribution >= 4 is 23.7 Å². The van der Waals surface area contributed by atoms with Crippen LogP contribution < -0.4 is 19.6 Å². The number of amides is 1. The molecular weight excluding hydrogens is 392 g/mol. The number of hydrogen-bond donors (Lipinski definition) is 1. The van der Waals surface area contributed by atoms with Gasteiger partial charge in [0.25, 0.3) is 0 Å². The lowest BCUT2D eigenvalue weighted by Crippen LogP contribution is -2.19. The Balaban J connectivity index is 1.99. The van der Waals surface area contributed by atoms with Crippen LogP contribution in [0.4, 0.5) is 0 Å². The highest BCUT2D eigenvalue weighted by atomic mass is 35.5. The van der Waals surface area contributed by atoms with E-state index >= 15 is 0 Å². The molecule has 29 heavy (non-hydrogen) atoms. The summed E-state index contributed by atoms with van der Waals surface area (Å²) in [7, 11) is 0. The Labute approximate surface area is 175 Å². The first-order valence-corrected chi connectivity index (χ1v) is 9.51. The summed E-state index contributed by atoms with van der Waals surface area (Å²) in [6.07, 6.45) is 6.91. The van der Waals surface area contributed by atoms with Gasteiger partial charge in [-0.15, -0.1) is 6.42 Å². The summed E-state index contributed by atoms with van der Waals surface area (Å²) in [5.41, 5.74) is 4.00. The van der Waals surface area contributed by atoms with Crippen LogP contribution in [0.1, 0.15) is 25.0 Å². The third kappa shape index (κ3) is 7.05. The Morgan fingerprint density at radius 3 is 2.55 bits per heavy atom. The Morgan fingerprint density at radius 2 is 1.90 bits per heavy atom. The second kappa shape index (κ2) is 11.6. The molecule has 0 aliphatic heterocycles. The van der Waals surface area contributed by atoms with Gasteiger partial charge in [-0.05, 0) is 49.2 Å².